The van der Waals surface area contributed by atoms with Gasteiger partial charge in [-0.1, -0.05) is 48.5 Å². The lowest BCUT2D eigenvalue weighted by atomic mass is 10.1. The summed E-state index contributed by atoms with van der Waals surface area (Å²) in [4.78, 5) is 38.5. The lowest BCUT2D eigenvalue weighted by Crippen LogP contribution is -2.16. The lowest BCUT2D eigenvalue weighted by Gasteiger charge is -2.06. The van der Waals surface area contributed by atoms with Crippen LogP contribution in [0.3, 0.4) is 0 Å². The number of Topliss-reactive ketones (excluding diaryl/α,β-unsaturated/α-hetero) is 1. The maximum Gasteiger partial charge on any atom is 0.354 e. The lowest BCUT2D eigenvalue weighted by molar-refractivity contribution is 0.0487. The highest BCUT2D eigenvalue weighted by Crippen LogP contribution is 2.11. The highest BCUT2D eigenvalue weighted by molar-refractivity contribution is 5.96. The van der Waals surface area contributed by atoms with Crippen LogP contribution in [0.2, 0.25) is 0 Å². The minimum Gasteiger partial charge on any atom is -0.461 e. The molecule has 0 atom stereocenters. The Bertz CT molecular complexity index is 960. The molecule has 3 aromatic rings. The fraction of sp³-hybridized carbons (Fsp3) is 0.150. The fourth-order valence-electron chi connectivity index (χ4n) is 2.56. The number of aromatic amines is 1. The van der Waals surface area contributed by atoms with Gasteiger partial charge in [-0.2, -0.15) is 0 Å². The number of rotatable bonds is 6. The molecule has 0 spiro atoms. The monoisotopic (exact) mass is 335 g/mol. The van der Waals surface area contributed by atoms with Crippen LogP contribution in [-0.4, -0.2) is 23.3 Å². The molecule has 0 saturated heterocycles. The Balaban J connectivity index is 1.56. The second-order valence-corrected chi connectivity index (χ2v) is 5.63. The molecule has 0 aliphatic heterocycles. The first-order chi connectivity index (χ1) is 12.1. The molecule has 0 aliphatic rings. The van der Waals surface area contributed by atoms with E-state index in [4.69, 9.17) is 4.74 Å². The molecule has 0 aliphatic carbocycles. The number of hydrogen-bond donors (Lipinski definition) is 1. The number of ketones is 1. The van der Waals surface area contributed by atoms with Gasteiger partial charge in [0.2, 0.25) is 0 Å². The van der Waals surface area contributed by atoms with E-state index in [0.717, 1.165) is 0 Å². The van der Waals surface area contributed by atoms with Crippen LogP contribution in [0.25, 0.3) is 10.8 Å². The predicted molar refractivity (Wildman–Crippen MR) is 94.9 cm³/mol. The number of ether oxygens (including phenoxy) is 1. The number of esters is 1. The van der Waals surface area contributed by atoms with Crippen molar-refractivity contribution in [1.82, 2.24) is 4.98 Å². The van der Waals surface area contributed by atoms with E-state index in [9.17, 15) is 14.4 Å². The third-order valence-electron chi connectivity index (χ3n) is 3.85. The first-order valence-electron chi connectivity index (χ1n) is 8.02. The molecule has 126 valence electrons. The van der Waals surface area contributed by atoms with Crippen molar-refractivity contribution in [3.8, 4) is 0 Å². The Hall–Kier alpha value is -3.21. The number of nitrogens with one attached hydrogen (secondary N) is 1. The second-order valence-electron chi connectivity index (χ2n) is 5.63. The summed E-state index contributed by atoms with van der Waals surface area (Å²) >= 11 is 0. The molecular formula is C20H17NO4. The summed E-state index contributed by atoms with van der Waals surface area (Å²) < 4.78 is 5.16. The van der Waals surface area contributed by atoms with Gasteiger partial charge in [0.25, 0.3) is 5.56 Å². The molecule has 25 heavy (non-hydrogen) atoms. The number of H-pyrrole nitrogens is 1. The van der Waals surface area contributed by atoms with Crippen molar-refractivity contribution in [2.24, 2.45) is 0 Å². The normalized spacial score (nSPS) is 10.6. The van der Waals surface area contributed by atoms with Crippen molar-refractivity contribution in [3.63, 3.8) is 0 Å². The Kier molecular flexibility index (Phi) is 5.04. The van der Waals surface area contributed by atoms with Crippen LogP contribution < -0.4 is 5.56 Å². The average molecular weight is 335 g/mol. The van der Waals surface area contributed by atoms with Crippen LogP contribution in [-0.2, 0) is 4.74 Å². The van der Waals surface area contributed by atoms with E-state index in [1.54, 1.807) is 42.5 Å². The van der Waals surface area contributed by atoms with Crippen LogP contribution in [0.4, 0.5) is 0 Å². The molecule has 0 saturated carbocycles. The summed E-state index contributed by atoms with van der Waals surface area (Å²) in [5, 5.41) is 1.20. The van der Waals surface area contributed by atoms with E-state index >= 15 is 0 Å². The zero-order valence-corrected chi connectivity index (χ0v) is 13.5. The summed E-state index contributed by atoms with van der Waals surface area (Å²) in [6.07, 6.45) is 0.725. The van der Waals surface area contributed by atoms with Crippen molar-refractivity contribution < 1.29 is 14.3 Å². The fourth-order valence-corrected chi connectivity index (χ4v) is 2.56. The highest BCUT2D eigenvalue weighted by Gasteiger charge is 2.11. The summed E-state index contributed by atoms with van der Waals surface area (Å²) in [6.45, 7) is 0.117. The van der Waals surface area contributed by atoms with E-state index in [1.165, 1.54) is 0 Å². The van der Waals surface area contributed by atoms with Crippen molar-refractivity contribution in [1.29, 1.82) is 0 Å². The van der Waals surface area contributed by atoms with E-state index in [0.29, 0.717) is 29.2 Å². The molecule has 0 unspecified atom stereocenters. The third kappa shape index (κ3) is 4.01. The van der Waals surface area contributed by atoms with Gasteiger partial charge in [-0.05, 0) is 23.9 Å². The third-order valence-corrected chi connectivity index (χ3v) is 3.85. The first kappa shape index (κ1) is 16.6. The van der Waals surface area contributed by atoms with Gasteiger partial charge in [-0.15, -0.1) is 0 Å². The number of benzene rings is 2. The Labute approximate surface area is 144 Å². The largest absolute Gasteiger partial charge is 0.461 e. The number of hydrogen-bond acceptors (Lipinski definition) is 4. The topological polar surface area (TPSA) is 76.2 Å². The molecule has 0 radical (unpaired) electrons. The van der Waals surface area contributed by atoms with Gasteiger partial charge in [0, 0.05) is 17.4 Å². The van der Waals surface area contributed by atoms with Crippen LogP contribution in [0.5, 0.6) is 0 Å². The standard InChI is InChI=1S/C20H17NO4/c22-18(14-7-2-1-3-8-14)11-6-12-25-20(24)17-13-15-9-4-5-10-16(15)19(23)21-17/h1-5,7-10,13H,6,11-12H2,(H,21,23). The minimum atomic E-state index is -0.602. The second kappa shape index (κ2) is 7.57. The Morgan fingerprint density at radius 1 is 0.960 bits per heavy atom. The molecule has 1 heterocycles. The van der Waals surface area contributed by atoms with E-state index in [-0.39, 0.29) is 23.6 Å². The van der Waals surface area contributed by atoms with Crippen LogP contribution in [0, 0.1) is 0 Å². The Morgan fingerprint density at radius 3 is 2.48 bits per heavy atom. The number of carbonyl (C=O) groups is 2. The molecule has 1 aromatic heterocycles. The van der Waals surface area contributed by atoms with Gasteiger partial charge in [0.05, 0.1) is 6.61 Å². The highest BCUT2D eigenvalue weighted by atomic mass is 16.5. The molecule has 1 N–H and O–H groups in total. The Morgan fingerprint density at radius 2 is 1.68 bits per heavy atom. The number of carbonyl (C=O) groups excluding carboxylic acids is 2. The molecule has 5 nitrogen and oxygen atoms in total. The van der Waals surface area contributed by atoms with Crippen molar-refractivity contribution in [2.45, 2.75) is 12.8 Å². The smallest absolute Gasteiger partial charge is 0.354 e. The number of aromatic nitrogens is 1. The zero-order chi connectivity index (χ0) is 17.6. The van der Waals surface area contributed by atoms with Gasteiger partial charge in [0.1, 0.15) is 5.69 Å². The molecule has 5 heteroatoms. The summed E-state index contributed by atoms with van der Waals surface area (Å²) in [5.41, 5.74) is 0.426. The van der Waals surface area contributed by atoms with Crippen molar-refractivity contribution in [2.75, 3.05) is 6.61 Å². The maximum atomic E-state index is 12.1. The summed E-state index contributed by atoms with van der Waals surface area (Å²) in [7, 11) is 0. The minimum absolute atomic E-state index is 0.00996. The van der Waals surface area contributed by atoms with E-state index in [1.807, 2.05) is 18.2 Å². The van der Waals surface area contributed by atoms with Crippen LogP contribution >= 0.6 is 0 Å². The van der Waals surface area contributed by atoms with Gasteiger partial charge in [0.15, 0.2) is 5.78 Å². The summed E-state index contributed by atoms with van der Waals surface area (Å²) in [6, 6.07) is 17.6. The van der Waals surface area contributed by atoms with Crippen LogP contribution in [0.15, 0.2) is 65.5 Å². The van der Waals surface area contributed by atoms with E-state index < -0.39 is 5.97 Å². The quantitative estimate of drug-likeness (QED) is 0.426. The van der Waals surface area contributed by atoms with Gasteiger partial charge < -0.3 is 9.72 Å². The van der Waals surface area contributed by atoms with Crippen molar-refractivity contribution in [3.05, 3.63) is 82.3 Å². The SMILES string of the molecule is O=C(CCCOC(=O)c1cc2ccccc2c(=O)[nH]1)c1ccccc1. The molecular weight excluding hydrogens is 318 g/mol. The van der Waals surface area contributed by atoms with Gasteiger partial charge >= 0.3 is 5.97 Å². The first-order valence-corrected chi connectivity index (χ1v) is 8.02. The molecule has 0 fully saturated rings. The molecule has 2 aromatic carbocycles. The number of fused-ring (bicyclic) bond motifs is 1. The van der Waals surface area contributed by atoms with Gasteiger partial charge in [-0.25, -0.2) is 4.79 Å². The van der Waals surface area contributed by atoms with E-state index in [2.05, 4.69) is 4.98 Å². The van der Waals surface area contributed by atoms with Crippen molar-refractivity contribution >= 4 is 22.5 Å². The molecule has 0 bridgehead atoms. The van der Waals surface area contributed by atoms with Gasteiger partial charge in [-0.3, -0.25) is 9.59 Å². The van der Waals surface area contributed by atoms with Crippen LogP contribution in [0.1, 0.15) is 33.7 Å². The predicted octanol–water partition coefficient (Wildman–Crippen LogP) is 3.35. The maximum absolute atomic E-state index is 12.1. The molecule has 3 rings (SSSR count). The summed E-state index contributed by atoms with van der Waals surface area (Å²) in [5.74, 6) is -0.592. The zero-order valence-electron chi connectivity index (χ0n) is 13.5. The average Bonchev–Trinajstić information content (AvgIpc) is 2.65. The number of pyridine rings is 1. The molecule has 0 amide bonds.